The number of carbonyl (C=O) groups is 1. The van der Waals surface area contributed by atoms with Gasteiger partial charge in [0.15, 0.2) is 0 Å². The van der Waals surface area contributed by atoms with Gasteiger partial charge in [0, 0.05) is 52.5 Å². The predicted octanol–water partition coefficient (Wildman–Crippen LogP) is 5.91. The number of ether oxygens (including phenoxy) is 1. The average molecular weight is 534 g/mol. The number of pyridine rings is 1. The van der Waals surface area contributed by atoms with Crippen LogP contribution in [0.3, 0.4) is 0 Å². The molecule has 0 atom stereocenters. The van der Waals surface area contributed by atoms with Gasteiger partial charge in [0.05, 0.1) is 22.8 Å². The Balaban J connectivity index is 1.35. The summed E-state index contributed by atoms with van der Waals surface area (Å²) in [6.07, 6.45) is 5.25. The number of nitrogens with two attached hydrogens (primary N) is 1. The first-order chi connectivity index (χ1) is 17.9. The molecule has 1 aliphatic heterocycles. The number of nitrogen functional groups attached to an aromatic ring is 1. The Labute approximate surface area is 226 Å². The lowest BCUT2D eigenvalue weighted by Gasteiger charge is -2.58. The van der Waals surface area contributed by atoms with Gasteiger partial charge in [0.25, 0.3) is 0 Å². The van der Waals surface area contributed by atoms with E-state index in [9.17, 15) is 4.79 Å². The Morgan fingerprint density at radius 3 is 2.58 bits per heavy atom. The molecule has 0 radical (unpaired) electrons. The predicted molar refractivity (Wildman–Crippen MR) is 148 cm³/mol. The summed E-state index contributed by atoms with van der Waals surface area (Å²) < 4.78 is 7.68. The van der Waals surface area contributed by atoms with E-state index in [1.807, 2.05) is 46.0 Å². The second kappa shape index (κ2) is 8.46. The molecule has 1 aromatic carbocycles. The van der Waals surface area contributed by atoms with Crippen LogP contribution in [-0.4, -0.2) is 54.6 Å². The molecule has 3 aromatic heterocycles. The molecule has 9 nitrogen and oxygen atoms in total. The molecule has 1 saturated carbocycles. The SMILES string of the molecule is Cc1cc2[nH]ncc2c(-c2c(-c3ccc(N)nc3)nn(C3CC4(C3)CN(C(=O)OC(C)(C)C)C4)c2C)c1Cl. The van der Waals surface area contributed by atoms with Crippen molar-refractivity contribution in [3.8, 4) is 22.4 Å². The molecular formula is C28H32ClN7O2. The summed E-state index contributed by atoms with van der Waals surface area (Å²) in [6.45, 7) is 11.2. The highest BCUT2D eigenvalue weighted by Crippen LogP contribution is 2.55. The van der Waals surface area contributed by atoms with Gasteiger partial charge >= 0.3 is 6.09 Å². The summed E-state index contributed by atoms with van der Waals surface area (Å²) in [7, 11) is 0. The molecule has 198 valence electrons. The number of aromatic amines is 1. The quantitative estimate of drug-likeness (QED) is 0.338. The summed E-state index contributed by atoms with van der Waals surface area (Å²) in [4.78, 5) is 18.6. The van der Waals surface area contributed by atoms with Gasteiger partial charge in [-0.15, -0.1) is 0 Å². The highest BCUT2D eigenvalue weighted by atomic mass is 35.5. The van der Waals surface area contributed by atoms with Crippen LogP contribution in [0.15, 0.2) is 30.6 Å². The van der Waals surface area contributed by atoms with E-state index in [2.05, 4.69) is 26.8 Å². The summed E-state index contributed by atoms with van der Waals surface area (Å²) in [5, 5.41) is 14.1. The van der Waals surface area contributed by atoms with Crippen molar-refractivity contribution < 1.29 is 9.53 Å². The number of anilines is 1. The van der Waals surface area contributed by atoms with Crippen LogP contribution >= 0.6 is 11.6 Å². The third-order valence-corrected chi connectivity index (χ3v) is 8.20. The Morgan fingerprint density at radius 2 is 1.92 bits per heavy atom. The number of H-pyrrole nitrogens is 1. The molecule has 0 unspecified atom stereocenters. The molecular weight excluding hydrogens is 502 g/mol. The third-order valence-electron chi connectivity index (χ3n) is 7.71. The number of fused-ring (bicyclic) bond motifs is 1. The molecule has 4 aromatic rings. The highest BCUT2D eigenvalue weighted by molar-refractivity contribution is 6.36. The standard InChI is InChI=1S/C28H32ClN7O2/c1-15-8-20-19(12-32-33-20)23(24(15)29)22-16(2)36(34-25(22)17-6-7-21(30)31-11-17)18-9-28(10-18)13-35(14-28)26(37)38-27(3,4)5/h6-8,11-12,18H,9-10,13-14H2,1-5H3,(H2,30,31)(H,32,33). The fourth-order valence-electron chi connectivity index (χ4n) is 5.96. The number of aryl methyl sites for hydroxylation is 1. The molecule has 38 heavy (non-hydrogen) atoms. The van der Waals surface area contributed by atoms with Crippen molar-refractivity contribution in [3.63, 3.8) is 0 Å². The van der Waals surface area contributed by atoms with Crippen LogP contribution in [0.1, 0.15) is 50.9 Å². The van der Waals surface area contributed by atoms with E-state index < -0.39 is 5.60 Å². The first kappa shape index (κ1) is 24.7. The second-order valence-corrected chi connectivity index (χ2v) is 12.2. The smallest absolute Gasteiger partial charge is 0.410 e. The van der Waals surface area contributed by atoms with Crippen molar-refractivity contribution in [2.75, 3.05) is 18.8 Å². The first-order valence-corrected chi connectivity index (χ1v) is 13.2. The lowest BCUT2D eigenvalue weighted by Crippen LogP contribution is -2.64. The number of benzene rings is 1. The van der Waals surface area contributed by atoms with E-state index in [1.54, 1.807) is 17.2 Å². The maximum Gasteiger partial charge on any atom is 0.410 e. The Morgan fingerprint density at radius 1 is 1.18 bits per heavy atom. The van der Waals surface area contributed by atoms with E-state index in [1.165, 1.54) is 0 Å². The van der Waals surface area contributed by atoms with Crippen molar-refractivity contribution in [1.29, 1.82) is 0 Å². The molecule has 10 heteroatoms. The van der Waals surface area contributed by atoms with E-state index in [4.69, 9.17) is 27.2 Å². The average Bonchev–Trinajstić information content (AvgIpc) is 3.37. The topological polar surface area (TPSA) is 115 Å². The number of likely N-dealkylation sites (tertiary alicyclic amines) is 1. The van der Waals surface area contributed by atoms with Crippen molar-refractivity contribution in [2.24, 2.45) is 5.41 Å². The zero-order chi connectivity index (χ0) is 27.0. The van der Waals surface area contributed by atoms with Crippen molar-refractivity contribution in [1.82, 2.24) is 29.9 Å². The molecule has 1 amide bonds. The fraction of sp³-hybridized carbons (Fsp3) is 0.429. The number of hydrogen-bond donors (Lipinski definition) is 2. The molecule has 2 fully saturated rings. The molecule has 1 aliphatic carbocycles. The number of hydrogen-bond acceptors (Lipinski definition) is 6. The molecule has 6 rings (SSSR count). The van der Waals surface area contributed by atoms with Gasteiger partial charge in [-0.25, -0.2) is 9.78 Å². The van der Waals surface area contributed by atoms with Gasteiger partial charge in [0.2, 0.25) is 0 Å². The summed E-state index contributed by atoms with van der Waals surface area (Å²) in [5.74, 6) is 0.456. The highest BCUT2D eigenvalue weighted by Gasteiger charge is 2.55. The zero-order valence-electron chi connectivity index (χ0n) is 22.3. The Hall–Kier alpha value is -3.59. The van der Waals surface area contributed by atoms with Crippen molar-refractivity contribution >= 4 is 34.4 Å². The van der Waals surface area contributed by atoms with Gasteiger partial charge in [0.1, 0.15) is 17.1 Å². The van der Waals surface area contributed by atoms with Gasteiger partial charge < -0.3 is 15.4 Å². The number of rotatable bonds is 3. The normalized spacial score (nSPS) is 17.1. The molecule has 2 aliphatic rings. The number of halogens is 1. The minimum absolute atomic E-state index is 0.127. The van der Waals surface area contributed by atoms with Gasteiger partial charge in [-0.05, 0) is 71.2 Å². The largest absolute Gasteiger partial charge is 0.444 e. The fourth-order valence-corrected chi connectivity index (χ4v) is 6.21. The van der Waals surface area contributed by atoms with Crippen molar-refractivity contribution in [3.05, 3.63) is 46.9 Å². The lowest BCUT2D eigenvalue weighted by molar-refractivity contribution is -0.0930. The monoisotopic (exact) mass is 533 g/mol. The van der Waals surface area contributed by atoms with Crippen molar-refractivity contribution in [2.45, 2.75) is 59.1 Å². The van der Waals surface area contributed by atoms with Crippen LogP contribution in [0.25, 0.3) is 33.3 Å². The van der Waals surface area contributed by atoms with Crippen LogP contribution in [0.5, 0.6) is 0 Å². The molecule has 3 N–H and O–H groups in total. The maximum atomic E-state index is 12.5. The van der Waals surface area contributed by atoms with E-state index >= 15 is 0 Å². The Kier molecular flexibility index (Phi) is 5.51. The number of carbonyl (C=O) groups excluding carboxylic acids is 1. The summed E-state index contributed by atoms with van der Waals surface area (Å²) in [5.41, 5.74) is 12.0. The van der Waals surface area contributed by atoms with Gasteiger partial charge in [-0.3, -0.25) is 9.78 Å². The summed E-state index contributed by atoms with van der Waals surface area (Å²) >= 11 is 6.96. The van der Waals surface area contributed by atoms with Gasteiger partial charge in [-0.1, -0.05) is 11.6 Å². The van der Waals surface area contributed by atoms with E-state index in [0.29, 0.717) is 10.8 Å². The molecule has 1 saturated heterocycles. The van der Waals surface area contributed by atoms with Crippen LogP contribution in [0, 0.1) is 19.3 Å². The first-order valence-electron chi connectivity index (χ1n) is 12.9. The number of nitrogens with one attached hydrogen (secondary N) is 1. The summed E-state index contributed by atoms with van der Waals surface area (Å²) in [6, 6.07) is 5.98. The zero-order valence-corrected chi connectivity index (χ0v) is 23.1. The number of nitrogens with zero attached hydrogens (tertiary/aromatic N) is 5. The van der Waals surface area contributed by atoms with E-state index in [-0.39, 0.29) is 17.6 Å². The van der Waals surface area contributed by atoms with Gasteiger partial charge in [-0.2, -0.15) is 10.2 Å². The van der Waals surface area contributed by atoms with Crippen LogP contribution in [-0.2, 0) is 4.74 Å². The maximum absolute atomic E-state index is 12.5. The molecule has 1 spiro atoms. The number of amides is 1. The van der Waals surface area contributed by atoms with E-state index in [0.717, 1.165) is 70.5 Å². The third kappa shape index (κ3) is 4.00. The Bertz CT molecular complexity index is 1550. The van der Waals surface area contributed by atoms with Crippen LogP contribution in [0.2, 0.25) is 5.02 Å². The number of aromatic nitrogens is 5. The minimum Gasteiger partial charge on any atom is -0.444 e. The lowest BCUT2D eigenvalue weighted by atomic mass is 9.61. The second-order valence-electron chi connectivity index (χ2n) is 11.8. The minimum atomic E-state index is -0.491. The van der Waals surface area contributed by atoms with Crippen LogP contribution < -0.4 is 5.73 Å². The van der Waals surface area contributed by atoms with Crippen LogP contribution in [0.4, 0.5) is 10.6 Å². The molecule has 4 heterocycles. The molecule has 0 bridgehead atoms.